The van der Waals surface area contributed by atoms with Crippen molar-refractivity contribution in [2.75, 3.05) is 0 Å². The topological polar surface area (TPSA) is 0 Å². The van der Waals surface area contributed by atoms with Crippen LogP contribution in [0.4, 0.5) is 4.39 Å². The zero-order chi connectivity index (χ0) is 10.3. The van der Waals surface area contributed by atoms with Gasteiger partial charge in [0.05, 0.1) is 0 Å². The van der Waals surface area contributed by atoms with Crippen molar-refractivity contribution >= 4 is 19.4 Å². The van der Waals surface area contributed by atoms with E-state index < -0.39 is 6.17 Å². The van der Waals surface area contributed by atoms with Crippen molar-refractivity contribution in [3.63, 3.8) is 0 Å². The SMILES string of the molecule is F[C@H]1C[C@@H]2CC[C@H]1[C@@H]2[Se]c1ccccc1. The van der Waals surface area contributed by atoms with E-state index in [4.69, 9.17) is 0 Å². The molecule has 2 aliphatic carbocycles. The van der Waals surface area contributed by atoms with Crippen molar-refractivity contribution in [1.82, 2.24) is 0 Å². The zero-order valence-corrected chi connectivity index (χ0v) is 10.3. The molecule has 1 aromatic carbocycles. The molecule has 0 heterocycles. The third-order valence-corrected chi connectivity index (χ3v) is 7.02. The first-order valence-electron chi connectivity index (χ1n) is 5.70. The van der Waals surface area contributed by atoms with Gasteiger partial charge in [-0.2, -0.15) is 0 Å². The van der Waals surface area contributed by atoms with Crippen molar-refractivity contribution in [3.8, 4) is 0 Å². The normalized spacial score (nSPS) is 38.5. The maximum absolute atomic E-state index is 13.6. The van der Waals surface area contributed by atoms with Gasteiger partial charge >= 0.3 is 96.2 Å². The standard InChI is InChI=1S/C13H15FSe/c14-12-8-9-6-7-11(12)13(9)15-10-4-2-1-3-5-10/h1-5,9,11-13H,6-8H2/t9-,11+,12-,13+/m0/s1. The summed E-state index contributed by atoms with van der Waals surface area (Å²) < 4.78 is 15.0. The summed E-state index contributed by atoms with van der Waals surface area (Å²) in [6.45, 7) is 0. The molecule has 80 valence electrons. The molecule has 0 aromatic heterocycles. The Kier molecular flexibility index (Phi) is 2.58. The van der Waals surface area contributed by atoms with Gasteiger partial charge in [-0.05, 0) is 0 Å². The summed E-state index contributed by atoms with van der Waals surface area (Å²) in [5.41, 5.74) is 0. The van der Waals surface area contributed by atoms with Crippen LogP contribution in [0.3, 0.4) is 0 Å². The summed E-state index contributed by atoms with van der Waals surface area (Å²) in [5.74, 6) is 1.10. The Balaban J connectivity index is 1.75. The molecular formula is C13H15FSe. The molecule has 2 fully saturated rings. The number of benzene rings is 1. The molecule has 0 N–H and O–H groups in total. The van der Waals surface area contributed by atoms with E-state index in [1.807, 2.05) is 0 Å². The molecule has 15 heavy (non-hydrogen) atoms. The fraction of sp³-hybridized carbons (Fsp3) is 0.538. The van der Waals surface area contributed by atoms with Crippen molar-refractivity contribution in [2.45, 2.75) is 30.3 Å². The van der Waals surface area contributed by atoms with E-state index in [0.717, 1.165) is 12.8 Å². The number of alkyl halides is 1. The Hall–Kier alpha value is -0.331. The fourth-order valence-corrected chi connectivity index (χ4v) is 6.28. The molecule has 0 saturated heterocycles. The number of rotatable bonds is 2. The molecule has 0 aliphatic heterocycles. The maximum atomic E-state index is 13.6. The summed E-state index contributed by atoms with van der Waals surface area (Å²) in [6.07, 6.45) is 2.79. The third-order valence-electron chi connectivity index (χ3n) is 3.77. The average Bonchev–Trinajstić information content (AvgIpc) is 2.76. The average molecular weight is 269 g/mol. The second-order valence-corrected chi connectivity index (χ2v) is 7.27. The van der Waals surface area contributed by atoms with Crippen molar-refractivity contribution in [3.05, 3.63) is 30.3 Å². The first-order valence-corrected chi connectivity index (χ1v) is 7.55. The van der Waals surface area contributed by atoms with E-state index in [0.29, 0.717) is 31.6 Å². The van der Waals surface area contributed by atoms with Gasteiger partial charge in [0.25, 0.3) is 0 Å². The first kappa shape index (κ1) is 9.86. The van der Waals surface area contributed by atoms with Gasteiger partial charge in [0.15, 0.2) is 0 Å². The summed E-state index contributed by atoms with van der Waals surface area (Å²) in [4.78, 5) is 0.690. The number of halogens is 1. The predicted molar refractivity (Wildman–Crippen MR) is 61.3 cm³/mol. The van der Waals surface area contributed by atoms with E-state index in [9.17, 15) is 4.39 Å². The monoisotopic (exact) mass is 270 g/mol. The van der Waals surface area contributed by atoms with E-state index in [1.165, 1.54) is 10.9 Å². The number of fused-ring (bicyclic) bond motifs is 2. The molecule has 2 bridgehead atoms. The third kappa shape index (κ3) is 1.74. The van der Waals surface area contributed by atoms with Crippen LogP contribution in [0.1, 0.15) is 19.3 Å². The summed E-state index contributed by atoms with van der Waals surface area (Å²) in [7, 11) is 0. The Morgan fingerprint density at radius 1 is 1.13 bits per heavy atom. The Morgan fingerprint density at radius 2 is 1.93 bits per heavy atom. The predicted octanol–water partition coefficient (Wildman–Crippen LogP) is 2.57. The van der Waals surface area contributed by atoms with Crippen LogP contribution in [0.5, 0.6) is 0 Å². The number of hydrogen-bond donors (Lipinski definition) is 0. The summed E-state index contributed by atoms with van der Waals surface area (Å²) in [5, 5.41) is 0. The van der Waals surface area contributed by atoms with Crippen LogP contribution < -0.4 is 4.46 Å². The quantitative estimate of drug-likeness (QED) is 0.724. The molecule has 0 unspecified atom stereocenters. The van der Waals surface area contributed by atoms with Gasteiger partial charge in [0.1, 0.15) is 0 Å². The second-order valence-electron chi connectivity index (χ2n) is 4.65. The van der Waals surface area contributed by atoms with Crippen molar-refractivity contribution in [2.24, 2.45) is 11.8 Å². The Bertz CT molecular complexity index is 338. The van der Waals surface area contributed by atoms with Crippen LogP contribution in [-0.4, -0.2) is 21.1 Å². The van der Waals surface area contributed by atoms with Crippen molar-refractivity contribution < 1.29 is 4.39 Å². The van der Waals surface area contributed by atoms with E-state index >= 15 is 0 Å². The van der Waals surface area contributed by atoms with Crippen molar-refractivity contribution in [1.29, 1.82) is 0 Å². The molecule has 3 rings (SSSR count). The molecular weight excluding hydrogens is 254 g/mol. The van der Waals surface area contributed by atoms with Crippen LogP contribution in [0.2, 0.25) is 4.82 Å². The van der Waals surface area contributed by atoms with Crippen LogP contribution in [0.25, 0.3) is 0 Å². The summed E-state index contributed by atoms with van der Waals surface area (Å²) >= 11 is 0.494. The molecule has 0 radical (unpaired) electrons. The van der Waals surface area contributed by atoms with Gasteiger partial charge in [0, 0.05) is 0 Å². The van der Waals surface area contributed by atoms with Crippen LogP contribution >= 0.6 is 0 Å². The zero-order valence-electron chi connectivity index (χ0n) is 8.60. The van der Waals surface area contributed by atoms with Crippen LogP contribution in [-0.2, 0) is 0 Å². The molecule has 0 nitrogen and oxygen atoms in total. The Morgan fingerprint density at radius 3 is 2.53 bits per heavy atom. The molecule has 2 saturated carbocycles. The fourth-order valence-electron chi connectivity index (χ4n) is 3.03. The van der Waals surface area contributed by atoms with Gasteiger partial charge in [-0.1, -0.05) is 0 Å². The van der Waals surface area contributed by atoms with Gasteiger partial charge in [-0.15, -0.1) is 0 Å². The van der Waals surface area contributed by atoms with Gasteiger partial charge in [0.2, 0.25) is 0 Å². The van der Waals surface area contributed by atoms with Crippen LogP contribution in [0, 0.1) is 11.8 Å². The van der Waals surface area contributed by atoms with E-state index in [1.54, 1.807) is 0 Å². The molecule has 0 amide bonds. The molecule has 4 atom stereocenters. The van der Waals surface area contributed by atoms with E-state index in [2.05, 4.69) is 30.3 Å². The molecule has 2 heteroatoms. The number of hydrogen-bond acceptors (Lipinski definition) is 0. The minimum absolute atomic E-state index is 0.398. The second kappa shape index (κ2) is 3.92. The van der Waals surface area contributed by atoms with E-state index in [-0.39, 0.29) is 0 Å². The van der Waals surface area contributed by atoms with Gasteiger partial charge in [-0.3, -0.25) is 0 Å². The molecule has 0 spiro atoms. The van der Waals surface area contributed by atoms with Gasteiger partial charge in [-0.25, -0.2) is 0 Å². The van der Waals surface area contributed by atoms with Crippen LogP contribution in [0.15, 0.2) is 30.3 Å². The molecule has 2 aliphatic rings. The van der Waals surface area contributed by atoms with Gasteiger partial charge < -0.3 is 0 Å². The Labute approximate surface area is 96.4 Å². The molecule has 1 aromatic rings. The first-order chi connectivity index (χ1) is 7.34. The summed E-state index contributed by atoms with van der Waals surface area (Å²) in [6, 6.07) is 10.7. The minimum atomic E-state index is -0.487.